The van der Waals surface area contributed by atoms with E-state index in [0.717, 1.165) is 128 Å². The zero-order chi connectivity index (χ0) is 82.5. The van der Waals surface area contributed by atoms with Gasteiger partial charge in [-0.25, -0.2) is 29.5 Å². The Hall–Kier alpha value is -10.2. The number of ketones is 2. The van der Waals surface area contributed by atoms with Crippen molar-refractivity contribution in [2.75, 3.05) is 67.8 Å². The predicted molar refractivity (Wildman–Crippen MR) is 453 cm³/mol. The van der Waals surface area contributed by atoms with Crippen molar-refractivity contribution in [3.63, 3.8) is 0 Å². The molecular weight excluding hydrogens is 1510 g/mol. The number of unbranched alkanes of at least 4 members (excludes halogenated alkanes) is 3. The highest BCUT2D eigenvalue weighted by Crippen LogP contribution is 2.59. The number of carbonyl (C=O) groups excluding carboxylic acids is 6. The van der Waals surface area contributed by atoms with Crippen molar-refractivity contribution in [2.45, 2.75) is 194 Å². The number of hydrogen-bond acceptors (Lipinski definition) is 20. The Morgan fingerprint density at radius 1 is 0.655 bits per heavy atom. The smallest absolute Gasteiger partial charge is 0.321 e. The molecule has 116 heavy (non-hydrogen) atoms. The summed E-state index contributed by atoms with van der Waals surface area (Å²) < 4.78 is 47.0. The van der Waals surface area contributed by atoms with Crippen molar-refractivity contribution >= 4 is 80.0 Å². The lowest BCUT2D eigenvalue weighted by atomic mass is 9.92. The molecule has 4 aromatic carbocycles. The molecule has 8 atom stereocenters. The van der Waals surface area contributed by atoms with Gasteiger partial charge in [0.1, 0.15) is 68.1 Å². The molecule has 2 saturated heterocycles. The molecule has 4 aromatic heterocycles. The van der Waals surface area contributed by atoms with Crippen LogP contribution in [0.15, 0.2) is 133 Å². The van der Waals surface area contributed by atoms with Gasteiger partial charge < -0.3 is 57.5 Å². The number of aryl methyl sites for hydroxylation is 2. The summed E-state index contributed by atoms with van der Waals surface area (Å²) in [6.07, 6.45) is 15.6. The van der Waals surface area contributed by atoms with E-state index >= 15 is 0 Å². The molecule has 0 spiro atoms. The summed E-state index contributed by atoms with van der Waals surface area (Å²) in [6, 6.07) is 24.8. The van der Waals surface area contributed by atoms with E-state index in [1.165, 1.54) is 22.7 Å². The van der Waals surface area contributed by atoms with E-state index in [-0.39, 0.29) is 105 Å². The minimum absolute atomic E-state index is 0.00401. The molecule has 3 aliphatic heterocycles. The van der Waals surface area contributed by atoms with Crippen LogP contribution in [-0.2, 0) is 41.7 Å². The normalized spacial score (nSPS) is 21.5. The minimum Gasteiger partial charge on any atom is -0.497 e. The van der Waals surface area contributed by atoms with Crippen LogP contribution in [0, 0.1) is 36.5 Å². The fourth-order valence-corrected chi connectivity index (χ4v) is 18.2. The van der Waals surface area contributed by atoms with Crippen molar-refractivity contribution < 1.29 is 66.7 Å². The number of thiazole rings is 2. The average Bonchev–Trinajstić information content (AvgIpc) is 1.58. The third-order valence-corrected chi connectivity index (χ3v) is 25.0. The number of aromatic nitrogens is 4. The van der Waals surface area contributed by atoms with Crippen molar-refractivity contribution in [3.8, 4) is 55.9 Å². The quantitative estimate of drug-likeness (QED) is 0.0231. The minimum atomic E-state index is -0.980. The Labute approximate surface area is 690 Å². The van der Waals surface area contributed by atoms with E-state index in [2.05, 4.69) is 63.8 Å². The van der Waals surface area contributed by atoms with Gasteiger partial charge in [0.05, 0.1) is 100 Å². The predicted octanol–water partition coefficient (Wildman–Crippen LogP) is 18.6. The largest absolute Gasteiger partial charge is 0.497 e. The molecule has 2 saturated carbocycles. The maximum absolute atomic E-state index is 14.9. The number of Topliss-reactive ketones (excluding diaryl/α,β-unsaturated/α-hetero) is 2. The second-order valence-electron chi connectivity index (χ2n) is 31.8. The number of benzene rings is 4. The van der Waals surface area contributed by atoms with Gasteiger partial charge in [-0.2, -0.15) is 0 Å². The van der Waals surface area contributed by atoms with E-state index in [0.29, 0.717) is 73.4 Å². The molecule has 0 radical (unpaired) electrons. The number of amides is 4. The summed E-state index contributed by atoms with van der Waals surface area (Å²) in [5.41, 5.74) is 6.52. The Morgan fingerprint density at radius 3 is 1.77 bits per heavy atom. The molecule has 24 heteroatoms. The first-order valence-corrected chi connectivity index (χ1v) is 42.7. The summed E-state index contributed by atoms with van der Waals surface area (Å²) in [7, 11) is 6.53. The van der Waals surface area contributed by atoms with Crippen molar-refractivity contribution in [1.29, 1.82) is 0 Å². The number of hydrogen-bond donors (Lipinski definition) is 0. The van der Waals surface area contributed by atoms with Crippen LogP contribution in [-0.4, -0.2) is 167 Å². The average molecular weight is 1620 g/mol. The fourth-order valence-electron chi connectivity index (χ4n) is 16.3. The molecule has 5 aliphatic rings. The van der Waals surface area contributed by atoms with Crippen LogP contribution in [0.2, 0.25) is 0 Å². The van der Waals surface area contributed by atoms with Gasteiger partial charge in [-0.3, -0.25) is 19.2 Å². The number of fused-ring (bicyclic) bond motifs is 4. The summed E-state index contributed by atoms with van der Waals surface area (Å²) in [5, 5.41) is 7.25. The molecule has 0 bridgehead atoms. The first-order valence-electron chi connectivity index (χ1n) is 40.9. The lowest BCUT2D eigenvalue weighted by molar-refractivity contribution is -0.152. The topological polar surface area (TPSA) is 241 Å². The van der Waals surface area contributed by atoms with Gasteiger partial charge in [0.25, 0.3) is 0 Å². The molecule has 616 valence electrons. The highest BCUT2D eigenvalue weighted by Gasteiger charge is 2.63. The van der Waals surface area contributed by atoms with Crippen molar-refractivity contribution in [3.05, 3.63) is 167 Å². The number of esters is 2. The van der Waals surface area contributed by atoms with Crippen molar-refractivity contribution in [2.24, 2.45) is 22.7 Å². The number of methoxy groups -OCH3 is 4. The number of ether oxygens (including phenoxy) is 8. The summed E-state index contributed by atoms with van der Waals surface area (Å²) in [4.78, 5) is 113. The lowest BCUT2D eigenvalue weighted by Crippen LogP contribution is -2.49. The van der Waals surface area contributed by atoms with Crippen LogP contribution in [0.4, 0.5) is 9.59 Å². The van der Waals surface area contributed by atoms with Gasteiger partial charge in [0.2, 0.25) is 0 Å². The number of allylic oxidation sites excluding steroid dienone is 4. The van der Waals surface area contributed by atoms with E-state index in [9.17, 15) is 28.8 Å². The fraction of sp³-hybridized carbons (Fsp3) is 0.478. The Kier molecular flexibility index (Phi) is 28.1. The Balaban J connectivity index is 0.000000214. The van der Waals surface area contributed by atoms with Crippen LogP contribution < -0.4 is 28.4 Å². The summed E-state index contributed by atoms with van der Waals surface area (Å²) in [5.74, 6) is 3.26. The lowest BCUT2D eigenvalue weighted by Gasteiger charge is -2.32. The van der Waals surface area contributed by atoms with E-state index in [4.69, 9.17) is 57.8 Å². The van der Waals surface area contributed by atoms with Crippen LogP contribution in [0.25, 0.3) is 43.2 Å². The molecule has 13 rings (SSSR count). The Morgan fingerprint density at radius 2 is 1.23 bits per heavy atom. The molecule has 2 aliphatic carbocycles. The van der Waals surface area contributed by atoms with Gasteiger partial charge >= 0.3 is 24.0 Å². The molecule has 4 fully saturated rings. The van der Waals surface area contributed by atoms with Gasteiger partial charge in [0, 0.05) is 96.7 Å². The van der Waals surface area contributed by atoms with E-state index in [1.54, 1.807) is 58.2 Å². The van der Waals surface area contributed by atoms with Crippen LogP contribution in [0.1, 0.15) is 177 Å². The Bertz CT molecular complexity index is 4890. The van der Waals surface area contributed by atoms with Gasteiger partial charge in [0.15, 0.2) is 11.6 Å². The number of carbonyl (C=O) groups is 6. The first kappa shape index (κ1) is 85.2. The first-order chi connectivity index (χ1) is 56.0. The zero-order valence-corrected chi connectivity index (χ0v) is 70.9. The van der Waals surface area contributed by atoms with Crippen LogP contribution >= 0.6 is 22.7 Å². The number of likely N-dealkylation sites (tertiary alicyclic amines) is 1. The maximum atomic E-state index is 14.9. The van der Waals surface area contributed by atoms with Gasteiger partial charge in [-0.1, -0.05) is 89.1 Å². The van der Waals surface area contributed by atoms with Crippen molar-refractivity contribution in [1.82, 2.24) is 39.5 Å². The van der Waals surface area contributed by atoms with Gasteiger partial charge in [-0.15, -0.1) is 35.8 Å². The molecular formula is C92H112N8O14S2. The second kappa shape index (κ2) is 38.3. The van der Waals surface area contributed by atoms with Crippen LogP contribution in [0.3, 0.4) is 0 Å². The molecule has 7 heterocycles. The monoisotopic (exact) mass is 1620 g/mol. The summed E-state index contributed by atoms with van der Waals surface area (Å²) >= 11 is 3.07. The second-order valence-corrected chi connectivity index (χ2v) is 33.5. The standard InChI is InChI=1S/C47H58N4O7S.C45H54N4O7S/c1-9-12-13-14-15-22-50(27-32-16-18-34(55-7)19-17-32)46(54)51-28-35(23-39(51)40(52)26-47(25-33(47)10-2)45(53)57-11-3)58-42-24-37(44-49-38(29-59-44)30(4)5)48-43-31(6)41(56-8)21-20-36(42)43;1-7-55-43(51)45-23-31(45)13-11-9-8-10-12-20-48(25-30-14-16-32(53-5)17-15-30)44(52)49-26-33(21-37(49)38(50)24-45)56-40-22-35(42-47-36(27-57-42)28(2)3)46-41-29(4)39(54-6)19-18-34(40)41/h9-10,16-21,24,29-30,33,35,39H,1-2,11-15,22-23,25-28H2,3-8H3;11,13-19,22,27-28,31,33,37H,7-10,12,20-21,23-26H2,1-6H3/b;13-11-/t33-,35-,39+,47-;31-,33-,37+,45-/m11/s1. The van der Waals surface area contributed by atoms with E-state index < -0.39 is 41.1 Å². The highest BCUT2D eigenvalue weighted by molar-refractivity contribution is 7.13. The molecule has 4 amide bonds. The number of urea groups is 2. The van der Waals surface area contributed by atoms with Crippen LogP contribution in [0.5, 0.6) is 34.5 Å². The van der Waals surface area contributed by atoms with Gasteiger partial charge in [-0.05, 0) is 162 Å². The SMILES string of the molecule is C=CCCCCCN(Cc1ccc(OC)cc1)C(=O)N1C[C@H](Oc2cc(-c3nc(C(C)C)cs3)nc3c(C)c(OC)ccc23)C[C@H]1C(=O)C[C@]1(C(=O)OCC)C[C@H]1C=C.CCOC(=O)[C@]12CC(=O)[C@@H]3C[C@@H](Oc4cc(-c5nc(C(C)C)cs5)nc5c(C)c(OC)ccc45)CN3C(=O)N(Cc3ccc(OC)cc3)CCCCC/C=C\[C@@H]1C2. The maximum Gasteiger partial charge on any atom is 0.321 e. The number of nitrogens with zero attached hydrogens (tertiary/aromatic N) is 8. The molecule has 0 N–H and O–H groups in total. The number of rotatable bonds is 30. The zero-order valence-electron chi connectivity index (χ0n) is 69.2. The third kappa shape index (κ3) is 19.2. The van der Waals surface area contributed by atoms with E-state index in [1.807, 2.05) is 115 Å². The third-order valence-electron chi connectivity index (χ3n) is 23.3. The molecule has 0 unspecified atom stereocenters. The summed E-state index contributed by atoms with van der Waals surface area (Å²) in [6.45, 7) is 26.3. The highest BCUT2D eigenvalue weighted by atomic mass is 32.1. The molecule has 22 nitrogen and oxygen atoms in total. The molecule has 8 aromatic rings. The number of pyridine rings is 2.